The normalized spacial score (nSPS) is 11.8. The second-order valence-corrected chi connectivity index (χ2v) is 6.23. The van der Waals surface area contributed by atoms with Crippen molar-refractivity contribution in [1.82, 2.24) is 4.98 Å². The first-order chi connectivity index (χ1) is 12.4. The molecule has 0 aliphatic carbocycles. The largest absolute Gasteiger partial charge is 0.449 e. The van der Waals surface area contributed by atoms with Gasteiger partial charge in [0.1, 0.15) is 0 Å². The van der Waals surface area contributed by atoms with Gasteiger partial charge in [-0.25, -0.2) is 4.79 Å². The minimum Gasteiger partial charge on any atom is -0.449 e. The third kappa shape index (κ3) is 3.88. The molecule has 1 atom stereocenters. The maximum Gasteiger partial charge on any atom is 0.339 e. The molecule has 0 unspecified atom stereocenters. The number of nitrogens with zero attached hydrogens (tertiary/aromatic N) is 1. The Morgan fingerprint density at radius 2 is 1.81 bits per heavy atom. The molecule has 3 aromatic rings. The number of aryl methyl sites for hydroxylation is 2. The van der Waals surface area contributed by atoms with Crippen LogP contribution in [-0.2, 0) is 9.53 Å². The molecule has 0 fully saturated rings. The van der Waals surface area contributed by atoms with Gasteiger partial charge in [-0.2, -0.15) is 0 Å². The summed E-state index contributed by atoms with van der Waals surface area (Å²) in [7, 11) is 0. The highest BCUT2D eigenvalue weighted by Gasteiger charge is 2.21. The molecule has 3 rings (SSSR count). The lowest BCUT2D eigenvalue weighted by molar-refractivity contribution is -0.123. The van der Waals surface area contributed by atoms with Crippen LogP contribution in [0.3, 0.4) is 0 Å². The van der Waals surface area contributed by atoms with Gasteiger partial charge in [0.2, 0.25) is 0 Å². The van der Waals surface area contributed by atoms with Gasteiger partial charge in [-0.15, -0.1) is 0 Å². The summed E-state index contributed by atoms with van der Waals surface area (Å²) >= 11 is 0. The molecule has 5 nitrogen and oxygen atoms in total. The molecule has 2 aromatic carbocycles. The Balaban J connectivity index is 1.76. The van der Waals surface area contributed by atoms with Crippen LogP contribution in [0, 0.1) is 13.8 Å². The van der Waals surface area contributed by atoms with Crippen LogP contribution in [0.15, 0.2) is 54.6 Å². The van der Waals surface area contributed by atoms with E-state index in [0.29, 0.717) is 22.3 Å². The number of pyridine rings is 1. The molecule has 0 bridgehead atoms. The molecule has 1 aromatic heterocycles. The van der Waals surface area contributed by atoms with E-state index >= 15 is 0 Å². The smallest absolute Gasteiger partial charge is 0.339 e. The summed E-state index contributed by atoms with van der Waals surface area (Å²) in [6, 6.07) is 16.5. The molecule has 5 heteroatoms. The van der Waals surface area contributed by atoms with Gasteiger partial charge in [0.05, 0.1) is 11.1 Å². The number of anilines is 1. The number of hydrogen-bond acceptors (Lipinski definition) is 4. The number of esters is 1. The average molecular weight is 348 g/mol. The minimum atomic E-state index is -0.921. The summed E-state index contributed by atoms with van der Waals surface area (Å²) in [5.41, 5.74) is 3.54. The molecule has 0 saturated heterocycles. The topological polar surface area (TPSA) is 68.3 Å². The summed E-state index contributed by atoms with van der Waals surface area (Å²) in [5.74, 6) is -0.919. The fourth-order valence-electron chi connectivity index (χ4n) is 2.72. The van der Waals surface area contributed by atoms with Crippen LogP contribution in [0.4, 0.5) is 5.69 Å². The molecule has 26 heavy (non-hydrogen) atoms. The predicted octanol–water partition coefficient (Wildman–Crippen LogP) is 4.04. The lowest BCUT2D eigenvalue weighted by atomic mass is 10.1. The third-order valence-electron chi connectivity index (χ3n) is 4.00. The maximum atomic E-state index is 12.6. The molecule has 0 radical (unpaired) electrons. The summed E-state index contributed by atoms with van der Waals surface area (Å²) in [5, 5.41) is 3.46. The van der Waals surface area contributed by atoms with Crippen LogP contribution in [0.25, 0.3) is 10.9 Å². The predicted molar refractivity (Wildman–Crippen MR) is 101 cm³/mol. The van der Waals surface area contributed by atoms with E-state index in [-0.39, 0.29) is 5.91 Å². The molecule has 1 N–H and O–H groups in total. The standard InChI is InChI=1S/C21H20N2O3/c1-13-7-6-8-16(11-13)23-20(24)15(3)26-21(25)18-12-14(2)22-19-10-5-4-9-17(18)19/h4-12,15H,1-3H3,(H,23,24)/t15-/m0/s1. The van der Waals surface area contributed by atoms with Crippen molar-refractivity contribution in [3.05, 3.63) is 71.4 Å². The number of aromatic nitrogens is 1. The summed E-state index contributed by atoms with van der Waals surface area (Å²) in [6.45, 7) is 5.31. The van der Waals surface area contributed by atoms with Crippen molar-refractivity contribution < 1.29 is 14.3 Å². The van der Waals surface area contributed by atoms with Crippen molar-refractivity contribution in [2.75, 3.05) is 5.32 Å². The average Bonchev–Trinajstić information content (AvgIpc) is 2.60. The van der Waals surface area contributed by atoms with Crippen molar-refractivity contribution in [2.45, 2.75) is 26.9 Å². The Bertz CT molecular complexity index is 982. The zero-order valence-electron chi connectivity index (χ0n) is 14.9. The number of rotatable bonds is 4. The maximum absolute atomic E-state index is 12.6. The van der Waals surface area contributed by atoms with Gasteiger partial charge in [-0.1, -0.05) is 30.3 Å². The Morgan fingerprint density at radius 1 is 1.04 bits per heavy atom. The fourth-order valence-corrected chi connectivity index (χ4v) is 2.72. The van der Waals surface area contributed by atoms with Crippen molar-refractivity contribution in [3.63, 3.8) is 0 Å². The van der Waals surface area contributed by atoms with E-state index in [2.05, 4.69) is 10.3 Å². The summed E-state index contributed by atoms with van der Waals surface area (Å²) < 4.78 is 5.39. The SMILES string of the molecule is Cc1cccc(NC(=O)[C@H](C)OC(=O)c2cc(C)nc3ccccc23)c1. The van der Waals surface area contributed by atoms with Gasteiger partial charge in [0.15, 0.2) is 6.10 Å². The number of hydrogen-bond donors (Lipinski definition) is 1. The fraction of sp³-hybridized carbons (Fsp3) is 0.190. The van der Waals surface area contributed by atoms with E-state index < -0.39 is 12.1 Å². The van der Waals surface area contributed by atoms with Crippen LogP contribution >= 0.6 is 0 Å². The Kier molecular flexibility index (Phi) is 4.98. The highest BCUT2D eigenvalue weighted by Crippen LogP contribution is 2.20. The van der Waals surface area contributed by atoms with Gasteiger partial charge in [0, 0.05) is 16.8 Å². The zero-order chi connectivity index (χ0) is 18.7. The lowest BCUT2D eigenvalue weighted by Gasteiger charge is -2.15. The van der Waals surface area contributed by atoms with Gasteiger partial charge < -0.3 is 10.1 Å². The van der Waals surface area contributed by atoms with Gasteiger partial charge >= 0.3 is 5.97 Å². The number of nitrogens with one attached hydrogen (secondary N) is 1. The highest BCUT2D eigenvalue weighted by atomic mass is 16.5. The first-order valence-corrected chi connectivity index (χ1v) is 8.39. The summed E-state index contributed by atoms with van der Waals surface area (Å²) in [4.78, 5) is 29.3. The number of ether oxygens (including phenoxy) is 1. The number of fused-ring (bicyclic) bond motifs is 1. The van der Waals surface area contributed by atoms with E-state index in [9.17, 15) is 9.59 Å². The van der Waals surface area contributed by atoms with Crippen molar-refractivity contribution in [1.29, 1.82) is 0 Å². The molecular weight excluding hydrogens is 328 g/mol. The van der Waals surface area contributed by atoms with Crippen molar-refractivity contribution in [2.24, 2.45) is 0 Å². The molecule has 1 amide bonds. The molecule has 1 heterocycles. The Labute approximate surface area is 152 Å². The monoisotopic (exact) mass is 348 g/mol. The first-order valence-electron chi connectivity index (χ1n) is 8.39. The van der Waals surface area contributed by atoms with Crippen LogP contribution < -0.4 is 5.32 Å². The van der Waals surface area contributed by atoms with Crippen LogP contribution in [0.5, 0.6) is 0 Å². The Hall–Kier alpha value is -3.21. The van der Waals surface area contributed by atoms with Gasteiger partial charge in [0.25, 0.3) is 5.91 Å². The molecule has 0 aliphatic rings. The van der Waals surface area contributed by atoms with E-state index in [1.807, 2.05) is 56.3 Å². The summed E-state index contributed by atoms with van der Waals surface area (Å²) in [6.07, 6.45) is -0.921. The first kappa shape index (κ1) is 17.6. The molecular formula is C21H20N2O3. The minimum absolute atomic E-state index is 0.376. The molecule has 132 valence electrons. The van der Waals surface area contributed by atoms with Gasteiger partial charge in [-0.05, 0) is 50.6 Å². The van der Waals surface area contributed by atoms with E-state index in [4.69, 9.17) is 4.74 Å². The van der Waals surface area contributed by atoms with E-state index in [1.165, 1.54) is 0 Å². The number of carbonyl (C=O) groups is 2. The molecule has 0 saturated carbocycles. The number of amides is 1. The third-order valence-corrected chi connectivity index (χ3v) is 4.00. The number of carbonyl (C=O) groups excluding carboxylic acids is 2. The molecule has 0 aliphatic heterocycles. The highest BCUT2D eigenvalue weighted by molar-refractivity contribution is 6.05. The van der Waals surface area contributed by atoms with E-state index in [0.717, 1.165) is 11.1 Å². The molecule has 0 spiro atoms. The second kappa shape index (κ2) is 7.35. The zero-order valence-corrected chi connectivity index (χ0v) is 14.9. The van der Waals surface area contributed by atoms with Crippen molar-refractivity contribution >= 4 is 28.5 Å². The number of benzene rings is 2. The number of para-hydroxylation sites is 1. The van der Waals surface area contributed by atoms with Gasteiger partial charge in [-0.3, -0.25) is 9.78 Å². The lowest BCUT2D eigenvalue weighted by Crippen LogP contribution is -2.30. The second-order valence-electron chi connectivity index (χ2n) is 6.23. The van der Waals surface area contributed by atoms with Crippen LogP contribution in [0.1, 0.15) is 28.5 Å². The van der Waals surface area contributed by atoms with E-state index in [1.54, 1.807) is 19.1 Å². The van der Waals surface area contributed by atoms with Crippen LogP contribution in [0.2, 0.25) is 0 Å². The van der Waals surface area contributed by atoms with Crippen LogP contribution in [-0.4, -0.2) is 23.0 Å². The van der Waals surface area contributed by atoms with Crippen molar-refractivity contribution in [3.8, 4) is 0 Å². The quantitative estimate of drug-likeness (QED) is 0.723. The Morgan fingerprint density at radius 3 is 2.58 bits per heavy atom.